The number of halogens is 3. The molecule has 0 fully saturated rings. The predicted octanol–water partition coefficient (Wildman–Crippen LogP) is 3.56. The van der Waals surface area contributed by atoms with Crippen LogP contribution in [0.4, 0.5) is 18.9 Å². The van der Waals surface area contributed by atoms with Crippen molar-refractivity contribution in [3.8, 4) is 17.2 Å². The Morgan fingerprint density at radius 2 is 1.62 bits per heavy atom. The van der Waals surface area contributed by atoms with Crippen LogP contribution in [0.5, 0.6) is 17.2 Å². The van der Waals surface area contributed by atoms with Crippen molar-refractivity contribution in [2.75, 3.05) is 14.2 Å². The van der Waals surface area contributed by atoms with E-state index in [9.17, 15) is 23.3 Å². The van der Waals surface area contributed by atoms with Gasteiger partial charge in [0.1, 0.15) is 5.75 Å². The fourth-order valence-corrected chi connectivity index (χ4v) is 2.35. The number of nitro benzene ring substituents is 1. The highest BCUT2D eigenvalue weighted by Crippen LogP contribution is 2.38. The Balaban J connectivity index is 2.42. The smallest absolute Gasteiger partial charge is 0.493 e. The number of benzene rings is 2. The molecule has 0 radical (unpaired) electrons. The number of nitro groups is 1. The van der Waals surface area contributed by atoms with Crippen molar-refractivity contribution >= 4 is 5.69 Å². The molecule has 0 spiro atoms. The predicted molar refractivity (Wildman–Crippen MR) is 85.4 cm³/mol. The normalized spacial score (nSPS) is 12.4. The van der Waals surface area contributed by atoms with E-state index in [0.29, 0.717) is 5.56 Å². The molecule has 0 bridgehead atoms. The third-order valence-corrected chi connectivity index (χ3v) is 3.54. The zero-order valence-corrected chi connectivity index (χ0v) is 13.7. The van der Waals surface area contributed by atoms with Crippen molar-refractivity contribution < 1.29 is 32.3 Å². The maximum atomic E-state index is 12.2. The van der Waals surface area contributed by atoms with Crippen molar-refractivity contribution in [3.05, 3.63) is 57.6 Å². The summed E-state index contributed by atoms with van der Waals surface area (Å²) in [5.74, 6) is -0.0279. The number of rotatable bonds is 6. The highest BCUT2D eigenvalue weighted by Gasteiger charge is 2.31. The third-order valence-electron chi connectivity index (χ3n) is 3.54. The largest absolute Gasteiger partial charge is 0.573 e. The molecule has 10 heteroatoms. The van der Waals surface area contributed by atoms with E-state index in [0.717, 1.165) is 12.1 Å². The van der Waals surface area contributed by atoms with Crippen LogP contribution in [0.25, 0.3) is 0 Å². The van der Waals surface area contributed by atoms with Gasteiger partial charge >= 0.3 is 6.36 Å². The fraction of sp³-hybridized carbons (Fsp3) is 0.250. The minimum atomic E-state index is -4.81. The number of alkyl halides is 3. The molecule has 0 aliphatic rings. The molecule has 0 saturated carbocycles. The Bertz CT molecular complexity index is 794. The quantitative estimate of drug-likeness (QED) is 0.615. The number of nitrogens with zero attached hydrogens (tertiary/aromatic N) is 1. The van der Waals surface area contributed by atoms with Gasteiger partial charge in [-0.05, 0) is 23.8 Å². The average molecular weight is 372 g/mol. The summed E-state index contributed by atoms with van der Waals surface area (Å²) in [5.41, 5.74) is 6.26. The van der Waals surface area contributed by atoms with Gasteiger partial charge in [0.2, 0.25) is 0 Å². The molecule has 2 rings (SSSR count). The number of methoxy groups -OCH3 is 2. The molecule has 0 aliphatic carbocycles. The van der Waals surface area contributed by atoms with E-state index in [-0.39, 0.29) is 22.7 Å². The molecule has 2 aromatic rings. The second-order valence-corrected chi connectivity index (χ2v) is 5.12. The van der Waals surface area contributed by atoms with Crippen LogP contribution >= 0.6 is 0 Å². The van der Waals surface area contributed by atoms with E-state index in [2.05, 4.69) is 4.74 Å². The molecule has 0 aromatic heterocycles. The van der Waals surface area contributed by atoms with Gasteiger partial charge < -0.3 is 19.9 Å². The standard InChI is InChI=1S/C16H15F3N2O5/c1-24-13-7-11(12(21(22)23)8-14(13)25-2)15(20)9-3-5-10(6-4-9)26-16(17,18)19/h3-8,15H,20H2,1-2H3/t15-/m1/s1. The lowest BCUT2D eigenvalue weighted by atomic mass is 9.97. The van der Waals surface area contributed by atoms with Crippen LogP contribution in [0.3, 0.4) is 0 Å². The molecule has 7 nitrogen and oxygen atoms in total. The van der Waals surface area contributed by atoms with Gasteiger partial charge in [-0.25, -0.2) is 0 Å². The van der Waals surface area contributed by atoms with Crippen LogP contribution in [-0.2, 0) is 0 Å². The molecule has 0 heterocycles. The van der Waals surface area contributed by atoms with Gasteiger partial charge in [0.15, 0.2) is 11.5 Å². The highest BCUT2D eigenvalue weighted by molar-refractivity contribution is 5.57. The van der Waals surface area contributed by atoms with E-state index in [1.807, 2.05) is 0 Å². The van der Waals surface area contributed by atoms with E-state index in [1.165, 1.54) is 38.5 Å². The Morgan fingerprint density at radius 3 is 2.08 bits per heavy atom. The number of hydrogen-bond donors (Lipinski definition) is 1. The van der Waals surface area contributed by atoms with Crippen molar-refractivity contribution in [3.63, 3.8) is 0 Å². The summed E-state index contributed by atoms with van der Waals surface area (Å²) in [6.45, 7) is 0. The van der Waals surface area contributed by atoms with Crippen LogP contribution in [0.2, 0.25) is 0 Å². The van der Waals surface area contributed by atoms with Crippen LogP contribution in [0.15, 0.2) is 36.4 Å². The lowest BCUT2D eigenvalue weighted by molar-refractivity contribution is -0.385. The summed E-state index contributed by atoms with van der Waals surface area (Å²) in [7, 11) is 2.70. The molecule has 0 saturated heterocycles. The molecule has 26 heavy (non-hydrogen) atoms. The Morgan fingerprint density at radius 1 is 1.08 bits per heavy atom. The second-order valence-electron chi connectivity index (χ2n) is 5.12. The summed E-state index contributed by atoms with van der Waals surface area (Å²) >= 11 is 0. The molecule has 2 N–H and O–H groups in total. The van der Waals surface area contributed by atoms with Gasteiger partial charge in [-0.15, -0.1) is 13.2 Å². The number of nitrogens with two attached hydrogens (primary N) is 1. The van der Waals surface area contributed by atoms with Crippen LogP contribution in [0, 0.1) is 10.1 Å². The first kappa shape index (κ1) is 19.3. The molecule has 1 atom stereocenters. The number of hydrogen-bond acceptors (Lipinski definition) is 6. The lowest BCUT2D eigenvalue weighted by Crippen LogP contribution is -2.17. The first-order valence-electron chi connectivity index (χ1n) is 7.18. The van der Waals surface area contributed by atoms with E-state index in [4.69, 9.17) is 15.2 Å². The zero-order valence-electron chi connectivity index (χ0n) is 13.7. The summed E-state index contributed by atoms with van der Waals surface area (Å²) in [5, 5.41) is 11.3. The van der Waals surface area contributed by atoms with Crippen molar-refractivity contribution in [1.29, 1.82) is 0 Å². The highest BCUT2D eigenvalue weighted by atomic mass is 19.4. The van der Waals surface area contributed by atoms with Crippen molar-refractivity contribution in [2.45, 2.75) is 12.4 Å². The van der Waals surface area contributed by atoms with Crippen molar-refractivity contribution in [2.24, 2.45) is 5.73 Å². The lowest BCUT2D eigenvalue weighted by Gasteiger charge is -2.16. The summed E-state index contributed by atoms with van der Waals surface area (Å²) in [6, 6.07) is 6.31. The molecular weight excluding hydrogens is 357 g/mol. The van der Waals surface area contributed by atoms with Crippen molar-refractivity contribution in [1.82, 2.24) is 0 Å². The first-order chi connectivity index (χ1) is 12.2. The topological polar surface area (TPSA) is 96.9 Å². The number of ether oxygens (including phenoxy) is 3. The molecular formula is C16H15F3N2O5. The third kappa shape index (κ3) is 4.33. The maximum absolute atomic E-state index is 12.2. The summed E-state index contributed by atoms with van der Waals surface area (Å²) in [4.78, 5) is 10.7. The minimum absolute atomic E-state index is 0.122. The fourth-order valence-electron chi connectivity index (χ4n) is 2.35. The molecule has 0 aliphatic heterocycles. The van der Waals surface area contributed by atoms with Gasteiger partial charge in [0.25, 0.3) is 5.69 Å². The second kappa shape index (κ2) is 7.48. The maximum Gasteiger partial charge on any atom is 0.573 e. The monoisotopic (exact) mass is 372 g/mol. The molecule has 140 valence electrons. The molecule has 0 amide bonds. The van der Waals surface area contributed by atoms with E-state index >= 15 is 0 Å². The molecule has 2 aromatic carbocycles. The minimum Gasteiger partial charge on any atom is -0.493 e. The molecule has 0 unspecified atom stereocenters. The SMILES string of the molecule is COc1cc([C@H](N)c2ccc(OC(F)(F)F)cc2)c([N+](=O)[O-])cc1OC. The van der Waals surface area contributed by atoms with Gasteiger partial charge in [-0.3, -0.25) is 10.1 Å². The van der Waals surface area contributed by atoms with Crippen LogP contribution < -0.4 is 19.9 Å². The Kier molecular flexibility index (Phi) is 5.56. The Labute approximate surface area is 146 Å². The summed E-state index contributed by atoms with van der Waals surface area (Å²) in [6.07, 6.45) is -4.81. The van der Waals surface area contributed by atoms with Gasteiger partial charge in [-0.2, -0.15) is 0 Å². The van der Waals surface area contributed by atoms with Gasteiger partial charge in [0.05, 0.1) is 36.8 Å². The average Bonchev–Trinajstić information content (AvgIpc) is 2.59. The summed E-state index contributed by atoms with van der Waals surface area (Å²) < 4.78 is 50.6. The first-order valence-corrected chi connectivity index (χ1v) is 7.18. The van der Waals surface area contributed by atoms with Gasteiger partial charge in [-0.1, -0.05) is 12.1 Å². The van der Waals surface area contributed by atoms with E-state index < -0.39 is 23.1 Å². The van der Waals surface area contributed by atoms with Crippen LogP contribution in [0.1, 0.15) is 17.2 Å². The van der Waals surface area contributed by atoms with Crippen LogP contribution in [-0.4, -0.2) is 25.5 Å². The zero-order chi connectivity index (χ0) is 19.5. The van der Waals surface area contributed by atoms with Gasteiger partial charge in [0, 0.05) is 0 Å². The van der Waals surface area contributed by atoms with E-state index in [1.54, 1.807) is 0 Å². The Hall–Kier alpha value is -3.01.